The van der Waals surface area contributed by atoms with Gasteiger partial charge in [0.25, 0.3) is 0 Å². The van der Waals surface area contributed by atoms with Crippen molar-refractivity contribution in [3.63, 3.8) is 0 Å². The van der Waals surface area contributed by atoms with Crippen LogP contribution in [0.4, 0.5) is 5.69 Å². The Kier molecular flexibility index (Phi) is 3.29. The summed E-state index contributed by atoms with van der Waals surface area (Å²) in [7, 11) is 0. The molecule has 118 valence electrons. The molecule has 1 fully saturated rings. The summed E-state index contributed by atoms with van der Waals surface area (Å²) in [4.78, 5) is 2.03. The predicted octanol–water partition coefficient (Wildman–Crippen LogP) is 4.52. The summed E-state index contributed by atoms with van der Waals surface area (Å²) >= 11 is 11.8. The van der Waals surface area contributed by atoms with E-state index in [4.69, 9.17) is 28.6 Å². The monoisotopic (exact) mass is 344 g/mol. The van der Waals surface area contributed by atoms with E-state index in [0.29, 0.717) is 10.1 Å². The second-order valence-corrected chi connectivity index (χ2v) is 7.05. The maximum absolute atomic E-state index is 6.44. The minimum Gasteiger partial charge on any atom is -0.467 e. The highest BCUT2D eigenvalue weighted by molar-refractivity contribution is 7.80. The van der Waals surface area contributed by atoms with Gasteiger partial charge in [-0.15, -0.1) is 0 Å². The van der Waals surface area contributed by atoms with Crippen LogP contribution in [-0.4, -0.2) is 10.8 Å². The Hall–Kier alpha value is -1.78. The first-order valence-corrected chi connectivity index (χ1v) is 8.43. The molecule has 2 aliphatic rings. The van der Waals surface area contributed by atoms with Crippen LogP contribution in [0.15, 0.2) is 48.5 Å². The van der Waals surface area contributed by atoms with E-state index in [1.165, 1.54) is 0 Å². The van der Waals surface area contributed by atoms with E-state index in [2.05, 4.69) is 25.2 Å². The predicted molar refractivity (Wildman–Crippen MR) is 97.0 cm³/mol. The Morgan fingerprint density at radius 3 is 2.78 bits per heavy atom. The van der Waals surface area contributed by atoms with Gasteiger partial charge < -0.3 is 10.1 Å². The zero-order chi connectivity index (χ0) is 16.2. The number of para-hydroxylation sites is 1. The first kappa shape index (κ1) is 14.8. The van der Waals surface area contributed by atoms with Gasteiger partial charge in [-0.2, -0.15) is 0 Å². The maximum atomic E-state index is 6.44. The summed E-state index contributed by atoms with van der Waals surface area (Å²) in [6.07, 6.45) is 0. The molecule has 0 amide bonds. The van der Waals surface area contributed by atoms with Gasteiger partial charge in [0.2, 0.25) is 0 Å². The average molecular weight is 345 g/mol. The number of anilines is 1. The van der Waals surface area contributed by atoms with E-state index in [1.807, 2.05) is 47.4 Å². The van der Waals surface area contributed by atoms with Gasteiger partial charge >= 0.3 is 0 Å². The number of benzene rings is 2. The second kappa shape index (κ2) is 5.11. The van der Waals surface area contributed by atoms with Crippen LogP contribution in [0.2, 0.25) is 5.02 Å². The normalized spacial score (nSPS) is 28.7. The lowest BCUT2D eigenvalue weighted by atomic mass is 9.81. The third-order valence-corrected chi connectivity index (χ3v) is 5.44. The summed E-state index contributed by atoms with van der Waals surface area (Å²) in [6.45, 7) is 4.28. The van der Waals surface area contributed by atoms with E-state index < -0.39 is 5.72 Å². The first-order chi connectivity index (χ1) is 11.0. The van der Waals surface area contributed by atoms with Gasteiger partial charge in [-0.25, -0.2) is 0 Å². The zero-order valence-electron chi connectivity index (χ0n) is 12.9. The van der Waals surface area contributed by atoms with Crippen LogP contribution in [0.25, 0.3) is 0 Å². The zero-order valence-corrected chi connectivity index (χ0v) is 14.5. The smallest absolute Gasteiger partial charge is 0.190 e. The molecule has 2 heterocycles. The van der Waals surface area contributed by atoms with Gasteiger partial charge in [-0.05, 0) is 43.4 Å². The summed E-state index contributed by atoms with van der Waals surface area (Å²) in [6, 6.07) is 16.0. The van der Waals surface area contributed by atoms with Crippen LogP contribution in [0.1, 0.15) is 25.5 Å². The van der Waals surface area contributed by atoms with Crippen LogP contribution in [0, 0.1) is 5.92 Å². The van der Waals surface area contributed by atoms with Crippen molar-refractivity contribution in [1.82, 2.24) is 5.32 Å². The highest BCUT2D eigenvalue weighted by Gasteiger charge is 2.53. The van der Waals surface area contributed by atoms with E-state index in [9.17, 15) is 0 Å². The fourth-order valence-corrected chi connectivity index (χ4v) is 4.16. The number of rotatable bonds is 1. The average Bonchev–Trinajstić information content (AvgIpc) is 2.50. The van der Waals surface area contributed by atoms with Crippen molar-refractivity contribution in [2.24, 2.45) is 5.92 Å². The van der Waals surface area contributed by atoms with Crippen molar-refractivity contribution in [2.45, 2.75) is 25.6 Å². The summed E-state index contributed by atoms with van der Waals surface area (Å²) in [5.41, 5.74) is 1.53. The number of fused-ring (bicyclic) bond motifs is 4. The molecular weight excluding hydrogens is 328 g/mol. The first-order valence-electron chi connectivity index (χ1n) is 7.65. The number of ether oxygens (including phenoxy) is 1. The van der Waals surface area contributed by atoms with E-state index >= 15 is 0 Å². The number of halogens is 1. The Bertz CT molecular complexity index is 796. The molecule has 23 heavy (non-hydrogen) atoms. The fraction of sp³-hybridized carbons (Fsp3) is 0.278. The molecule has 0 aromatic heterocycles. The number of hydrogen-bond donors (Lipinski definition) is 1. The van der Waals surface area contributed by atoms with Crippen LogP contribution >= 0.6 is 23.8 Å². The molecule has 2 aliphatic heterocycles. The molecule has 2 aromatic carbocycles. The van der Waals surface area contributed by atoms with Crippen molar-refractivity contribution >= 4 is 34.6 Å². The van der Waals surface area contributed by atoms with Crippen molar-refractivity contribution < 1.29 is 4.74 Å². The SMILES string of the molecule is C[C@@H]1[C@H]2NC(=S)N(c3cccc(Cl)c3)[C@@]1(C)Oc1ccccc12. The van der Waals surface area contributed by atoms with E-state index in [-0.39, 0.29) is 12.0 Å². The molecule has 4 rings (SSSR count). The number of hydrogen-bond acceptors (Lipinski definition) is 2. The molecule has 0 unspecified atom stereocenters. The van der Waals surface area contributed by atoms with Crippen molar-refractivity contribution in [3.05, 3.63) is 59.1 Å². The molecule has 0 aliphatic carbocycles. The van der Waals surface area contributed by atoms with Gasteiger partial charge in [-0.1, -0.05) is 42.8 Å². The van der Waals surface area contributed by atoms with Crippen LogP contribution in [-0.2, 0) is 0 Å². The molecule has 0 spiro atoms. The number of nitrogens with one attached hydrogen (secondary N) is 1. The van der Waals surface area contributed by atoms with Crippen LogP contribution < -0.4 is 15.0 Å². The van der Waals surface area contributed by atoms with Crippen molar-refractivity contribution in [1.29, 1.82) is 0 Å². The molecule has 2 aromatic rings. The minimum absolute atomic E-state index is 0.146. The minimum atomic E-state index is -0.563. The largest absolute Gasteiger partial charge is 0.467 e. The molecule has 0 radical (unpaired) electrons. The van der Waals surface area contributed by atoms with Gasteiger partial charge in [0, 0.05) is 22.2 Å². The number of thiocarbonyl (C=S) groups is 1. The maximum Gasteiger partial charge on any atom is 0.190 e. The molecular formula is C18H17ClN2OS. The van der Waals surface area contributed by atoms with Gasteiger partial charge in [0.15, 0.2) is 10.8 Å². The molecule has 2 bridgehead atoms. The lowest BCUT2D eigenvalue weighted by molar-refractivity contribution is -0.00316. The summed E-state index contributed by atoms with van der Waals surface area (Å²) in [5, 5.41) is 4.82. The standard InChI is InChI=1S/C18H17ClN2OS/c1-11-16-14-8-3-4-9-15(14)22-18(11,2)21(17(23)20-16)13-7-5-6-12(19)10-13/h3-11,16H,1-2H3,(H,20,23)/t11-,16-,18+/m1/s1. The molecule has 1 N–H and O–H groups in total. The topological polar surface area (TPSA) is 24.5 Å². The van der Waals surface area contributed by atoms with Gasteiger partial charge in [0.1, 0.15) is 5.75 Å². The van der Waals surface area contributed by atoms with E-state index in [0.717, 1.165) is 17.0 Å². The Morgan fingerprint density at radius 2 is 2.00 bits per heavy atom. The third-order valence-electron chi connectivity index (χ3n) is 4.91. The Balaban J connectivity index is 1.87. The summed E-state index contributed by atoms with van der Waals surface area (Å²) in [5.74, 6) is 1.11. The molecule has 3 nitrogen and oxygen atoms in total. The Morgan fingerprint density at radius 1 is 1.22 bits per heavy atom. The highest BCUT2D eigenvalue weighted by atomic mass is 35.5. The van der Waals surface area contributed by atoms with Crippen LogP contribution in [0.5, 0.6) is 5.75 Å². The Labute approximate surface area is 146 Å². The lowest BCUT2D eigenvalue weighted by Crippen LogP contribution is -2.69. The highest BCUT2D eigenvalue weighted by Crippen LogP contribution is 2.49. The van der Waals surface area contributed by atoms with E-state index in [1.54, 1.807) is 0 Å². The second-order valence-electron chi connectivity index (χ2n) is 6.23. The number of nitrogens with zero attached hydrogens (tertiary/aromatic N) is 1. The molecule has 5 heteroatoms. The van der Waals surface area contributed by atoms with Crippen LogP contribution in [0.3, 0.4) is 0 Å². The van der Waals surface area contributed by atoms with Crippen molar-refractivity contribution in [3.8, 4) is 5.75 Å². The molecule has 0 saturated carbocycles. The summed E-state index contributed by atoms with van der Waals surface area (Å²) < 4.78 is 6.44. The van der Waals surface area contributed by atoms with Gasteiger partial charge in [-0.3, -0.25) is 4.90 Å². The quantitative estimate of drug-likeness (QED) is 0.769. The van der Waals surface area contributed by atoms with Gasteiger partial charge in [0.05, 0.1) is 6.04 Å². The molecule has 3 atom stereocenters. The fourth-order valence-electron chi connectivity index (χ4n) is 3.56. The van der Waals surface area contributed by atoms with Crippen molar-refractivity contribution in [2.75, 3.05) is 4.90 Å². The third kappa shape index (κ3) is 2.12. The molecule has 1 saturated heterocycles. The lowest BCUT2D eigenvalue weighted by Gasteiger charge is -2.56.